The van der Waals surface area contributed by atoms with E-state index in [4.69, 9.17) is 27.9 Å². The van der Waals surface area contributed by atoms with Gasteiger partial charge in [-0.05, 0) is 70.0 Å². The first kappa shape index (κ1) is 28.5. The van der Waals surface area contributed by atoms with Crippen molar-refractivity contribution in [1.29, 1.82) is 0 Å². The van der Waals surface area contributed by atoms with Gasteiger partial charge < -0.3 is 10.1 Å². The molecule has 3 aromatic carbocycles. The summed E-state index contributed by atoms with van der Waals surface area (Å²) in [5.41, 5.74) is 2.85. The van der Waals surface area contributed by atoms with Gasteiger partial charge in [0.15, 0.2) is 0 Å². The van der Waals surface area contributed by atoms with E-state index in [1.807, 2.05) is 0 Å². The molecular formula is C25H19BrCl2F3N3O3. The molecule has 3 rings (SSSR count). The lowest BCUT2D eigenvalue weighted by Gasteiger charge is -2.10. The van der Waals surface area contributed by atoms with Gasteiger partial charge in [-0.15, -0.1) is 0 Å². The Labute approximate surface area is 228 Å². The van der Waals surface area contributed by atoms with Crippen LogP contribution in [0.4, 0.5) is 18.9 Å². The molecule has 0 unspecified atom stereocenters. The number of hydrazone groups is 1. The fourth-order valence-corrected chi connectivity index (χ4v) is 3.94. The Balaban J connectivity index is 1.44. The lowest BCUT2D eigenvalue weighted by molar-refractivity contribution is -0.137. The summed E-state index contributed by atoms with van der Waals surface area (Å²) >= 11 is 15.5. The maximum atomic E-state index is 12.8. The topological polar surface area (TPSA) is 79.8 Å². The van der Waals surface area contributed by atoms with Crippen molar-refractivity contribution in [3.63, 3.8) is 0 Å². The summed E-state index contributed by atoms with van der Waals surface area (Å²) in [6, 6.07) is 14.5. The number of anilines is 1. The van der Waals surface area contributed by atoms with Crippen molar-refractivity contribution >= 4 is 62.8 Å². The number of nitrogens with one attached hydrogen (secondary N) is 2. The molecule has 0 saturated heterocycles. The van der Waals surface area contributed by atoms with Gasteiger partial charge in [0, 0.05) is 34.1 Å². The molecule has 0 aromatic heterocycles. The molecule has 2 amide bonds. The number of amides is 2. The molecule has 37 heavy (non-hydrogen) atoms. The fraction of sp³-hybridized carbons (Fsp3) is 0.160. The molecule has 0 atom stereocenters. The minimum absolute atomic E-state index is 0.00693. The van der Waals surface area contributed by atoms with Crippen LogP contribution in [0.5, 0.6) is 5.75 Å². The van der Waals surface area contributed by atoms with Gasteiger partial charge in [-0.25, -0.2) is 5.43 Å². The van der Waals surface area contributed by atoms with Crippen molar-refractivity contribution in [3.8, 4) is 5.75 Å². The number of carbonyl (C=O) groups is 2. The second-order valence-corrected chi connectivity index (χ2v) is 9.33. The fourth-order valence-electron chi connectivity index (χ4n) is 2.97. The third kappa shape index (κ3) is 9.07. The van der Waals surface area contributed by atoms with Gasteiger partial charge in [0.1, 0.15) is 12.4 Å². The third-order valence-electron chi connectivity index (χ3n) is 4.81. The number of hydrogen-bond donors (Lipinski definition) is 2. The van der Waals surface area contributed by atoms with E-state index in [9.17, 15) is 22.8 Å². The van der Waals surface area contributed by atoms with Gasteiger partial charge >= 0.3 is 6.18 Å². The molecule has 12 heteroatoms. The van der Waals surface area contributed by atoms with E-state index in [0.717, 1.165) is 17.7 Å². The zero-order chi connectivity index (χ0) is 27.0. The van der Waals surface area contributed by atoms with Gasteiger partial charge in [0.05, 0.1) is 16.3 Å². The first-order valence-electron chi connectivity index (χ1n) is 10.7. The van der Waals surface area contributed by atoms with E-state index in [0.29, 0.717) is 25.8 Å². The van der Waals surface area contributed by atoms with Crippen LogP contribution in [0.1, 0.15) is 29.5 Å². The molecule has 3 aromatic rings. The van der Waals surface area contributed by atoms with Crippen molar-refractivity contribution in [2.45, 2.75) is 25.6 Å². The Hall–Kier alpha value is -3.08. The smallest absolute Gasteiger partial charge is 0.416 e. The Kier molecular flexibility index (Phi) is 9.96. The van der Waals surface area contributed by atoms with Crippen LogP contribution in [0.15, 0.2) is 70.2 Å². The molecule has 0 spiro atoms. The molecule has 194 valence electrons. The maximum absolute atomic E-state index is 12.8. The van der Waals surface area contributed by atoms with Crippen LogP contribution in [0.25, 0.3) is 0 Å². The predicted molar refractivity (Wildman–Crippen MR) is 140 cm³/mol. The molecule has 0 aliphatic rings. The molecule has 6 nitrogen and oxygen atoms in total. The number of hydrogen-bond acceptors (Lipinski definition) is 4. The van der Waals surface area contributed by atoms with E-state index >= 15 is 0 Å². The van der Waals surface area contributed by atoms with E-state index in [1.54, 1.807) is 36.4 Å². The second kappa shape index (κ2) is 12.9. The lowest BCUT2D eigenvalue weighted by Crippen LogP contribution is -2.20. The van der Waals surface area contributed by atoms with Crippen LogP contribution in [0, 0.1) is 0 Å². The van der Waals surface area contributed by atoms with Gasteiger partial charge in [0.2, 0.25) is 11.8 Å². The van der Waals surface area contributed by atoms with Gasteiger partial charge in [0.25, 0.3) is 0 Å². The van der Waals surface area contributed by atoms with Crippen molar-refractivity contribution < 1.29 is 27.5 Å². The highest BCUT2D eigenvalue weighted by molar-refractivity contribution is 9.10. The lowest BCUT2D eigenvalue weighted by atomic mass is 10.2. The summed E-state index contributed by atoms with van der Waals surface area (Å²) in [6.45, 7) is 0.236. The van der Waals surface area contributed by atoms with E-state index < -0.39 is 23.6 Å². The van der Waals surface area contributed by atoms with E-state index in [-0.39, 0.29) is 25.1 Å². The van der Waals surface area contributed by atoms with Gasteiger partial charge in [-0.1, -0.05) is 35.3 Å². The standard InChI is InChI=1S/C25H19BrCl2F3N3O3/c26-20-10-15(4-7-22(20)37-14-16-5-6-18(27)12-21(16)28)13-32-34-24(36)9-8-23(35)33-19-3-1-2-17(11-19)25(29,30)31/h1-7,10-13H,8-9,14H2,(H,33,35)(H,34,36). The summed E-state index contributed by atoms with van der Waals surface area (Å²) in [5.74, 6) is -0.564. The molecular weight excluding hydrogens is 598 g/mol. The Morgan fingerprint density at radius 1 is 1.00 bits per heavy atom. The number of alkyl halides is 3. The van der Waals surface area contributed by atoms with Gasteiger partial charge in [-0.3, -0.25) is 9.59 Å². The Morgan fingerprint density at radius 3 is 2.46 bits per heavy atom. The van der Waals surface area contributed by atoms with Crippen LogP contribution in [0.3, 0.4) is 0 Å². The van der Waals surface area contributed by atoms with E-state index in [1.165, 1.54) is 18.3 Å². The number of benzene rings is 3. The largest absolute Gasteiger partial charge is 0.488 e. The monoisotopic (exact) mass is 615 g/mol. The predicted octanol–water partition coefficient (Wildman–Crippen LogP) is 7.22. The third-order valence-corrected chi connectivity index (χ3v) is 6.02. The quantitative estimate of drug-likeness (QED) is 0.197. The van der Waals surface area contributed by atoms with Gasteiger partial charge in [-0.2, -0.15) is 18.3 Å². The van der Waals surface area contributed by atoms with Crippen molar-refractivity contribution in [2.24, 2.45) is 5.10 Å². The summed E-state index contributed by atoms with van der Waals surface area (Å²) in [7, 11) is 0. The zero-order valence-corrected chi connectivity index (χ0v) is 22.0. The van der Waals surface area contributed by atoms with Crippen LogP contribution >= 0.6 is 39.1 Å². The minimum Gasteiger partial charge on any atom is -0.488 e. The van der Waals surface area contributed by atoms with E-state index in [2.05, 4.69) is 31.8 Å². The van der Waals surface area contributed by atoms with Crippen molar-refractivity contribution in [3.05, 3.63) is 91.9 Å². The van der Waals surface area contributed by atoms with Crippen LogP contribution in [-0.4, -0.2) is 18.0 Å². The average Bonchev–Trinajstić information content (AvgIpc) is 2.83. The minimum atomic E-state index is -4.52. The Bertz CT molecular complexity index is 1320. The van der Waals surface area contributed by atoms with Crippen molar-refractivity contribution in [2.75, 3.05) is 5.32 Å². The molecule has 0 radical (unpaired) electrons. The zero-order valence-electron chi connectivity index (χ0n) is 18.9. The molecule has 0 saturated carbocycles. The SMILES string of the molecule is O=C(CCC(=O)Nc1cccc(C(F)(F)F)c1)NN=Cc1ccc(OCc2ccc(Cl)cc2Cl)c(Br)c1. The highest BCUT2D eigenvalue weighted by atomic mass is 79.9. The first-order valence-corrected chi connectivity index (χ1v) is 12.2. The van der Waals surface area contributed by atoms with Crippen LogP contribution in [-0.2, 0) is 22.4 Å². The average molecular weight is 617 g/mol. The first-order chi connectivity index (χ1) is 17.5. The number of halogens is 6. The maximum Gasteiger partial charge on any atom is 0.416 e. The highest BCUT2D eigenvalue weighted by Crippen LogP contribution is 2.31. The molecule has 0 bridgehead atoms. The number of ether oxygens (including phenoxy) is 1. The second-order valence-electron chi connectivity index (χ2n) is 7.63. The number of nitrogens with zero attached hydrogens (tertiary/aromatic N) is 1. The van der Waals surface area contributed by atoms with Crippen LogP contribution in [0.2, 0.25) is 10.0 Å². The molecule has 0 aliphatic heterocycles. The molecule has 0 heterocycles. The summed E-state index contributed by atoms with van der Waals surface area (Å²) in [5, 5.41) is 7.22. The van der Waals surface area contributed by atoms with Crippen LogP contribution < -0.4 is 15.5 Å². The summed E-state index contributed by atoms with van der Waals surface area (Å²) < 4.78 is 44.7. The normalized spacial score (nSPS) is 11.4. The summed E-state index contributed by atoms with van der Waals surface area (Å²) in [6.07, 6.45) is -3.54. The highest BCUT2D eigenvalue weighted by Gasteiger charge is 2.30. The van der Waals surface area contributed by atoms with Crippen molar-refractivity contribution in [1.82, 2.24) is 5.43 Å². The molecule has 0 aliphatic carbocycles. The Morgan fingerprint density at radius 2 is 1.76 bits per heavy atom. The number of carbonyl (C=O) groups excluding carboxylic acids is 2. The molecule has 2 N–H and O–H groups in total. The summed E-state index contributed by atoms with van der Waals surface area (Å²) in [4.78, 5) is 23.9. The molecule has 0 fully saturated rings. The number of rotatable bonds is 9.